The van der Waals surface area contributed by atoms with Gasteiger partial charge in [0.15, 0.2) is 5.84 Å². The van der Waals surface area contributed by atoms with Gasteiger partial charge in [0.25, 0.3) is 0 Å². The first kappa shape index (κ1) is 13.5. The summed E-state index contributed by atoms with van der Waals surface area (Å²) in [7, 11) is 2.01. The minimum atomic E-state index is 0.887. The zero-order valence-electron chi connectivity index (χ0n) is 12.2. The van der Waals surface area contributed by atoms with Gasteiger partial charge in [0.1, 0.15) is 5.84 Å². The zero-order chi connectivity index (χ0) is 15.1. The lowest BCUT2D eigenvalue weighted by molar-refractivity contribution is 0.303. The molecule has 2 heterocycles. The molecule has 0 spiro atoms. The molecule has 2 aromatic carbocycles. The van der Waals surface area contributed by atoms with Crippen LogP contribution < -0.4 is 0 Å². The third-order valence-corrected chi connectivity index (χ3v) is 4.43. The van der Waals surface area contributed by atoms with Crippen molar-refractivity contribution in [1.82, 2.24) is 9.91 Å². The Labute approximate surface area is 137 Å². The van der Waals surface area contributed by atoms with Crippen molar-refractivity contribution in [2.45, 2.75) is 0 Å². The van der Waals surface area contributed by atoms with Gasteiger partial charge < -0.3 is 4.90 Å². The molecular weight excluding hydrogens is 340 g/mol. The van der Waals surface area contributed by atoms with Crippen LogP contribution in [0.2, 0.25) is 0 Å². The predicted molar refractivity (Wildman–Crippen MR) is 92.7 cm³/mol. The monoisotopic (exact) mass is 354 g/mol. The van der Waals surface area contributed by atoms with Crippen molar-refractivity contribution < 1.29 is 0 Å². The molecule has 0 saturated carbocycles. The zero-order valence-corrected chi connectivity index (χ0v) is 13.8. The fourth-order valence-electron chi connectivity index (χ4n) is 2.78. The first-order valence-corrected chi connectivity index (χ1v) is 8.03. The van der Waals surface area contributed by atoms with Gasteiger partial charge in [0, 0.05) is 29.2 Å². The summed E-state index contributed by atoms with van der Waals surface area (Å²) in [4.78, 5) is 7.10. The van der Waals surface area contributed by atoms with Gasteiger partial charge in [-0.3, -0.25) is 5.01 Å². The smallest absolute Gasteiger partial charge is 0.163 e. The molecule has 4 rings (SSSR count). The summed E-state index contributed by atoms with van der Waals surface area (Å²) in [5.41, 5.74) is 3.18. The Balaban J connectivity index is 1.90. The van der Waals surface area contributed by atoms with Gasteiger partial charge in [-0.05, 0) is 24.3 Å². The van der Waals surface area contributed by atoms with Gasteiger partial charge in [-0.15, -0.1) is 0 Å². The second-order valence-corrected chi connectivity index (χ2v) is 6.33. The van der Waals surface area contributed by atoms with Gasteiger partial charge in [-0.25, -0.2) is 4.99 Å². The number of nitrogens with zero attached hydrogens (tertiary/aromatic N) is 4. The number of halogens is 1. The van der Waals surface area contributed by atoms with Crippen LogP contribution in [0.15, 0.2) is 63.1 Å². The fourth-order valence-corrected chi connectivity index (χ4v) is 3.04. The molecule has 0 unspecified atom stereocenters. The molecule has 22 heavy (non-hydrogen) atoms. The molecule has 0 saturated heterocycles. The Bertz CT molecular complexity index is 780. The molecule has 4 nitrogen and oxygen atoms in total. The maximum atomic E-state index is 4.88. The van der Waals surface area contributed by atoms with Gasteiger partial charge in [0.05, 0.1) is 12.2 Å². The van der Waals surface area contributed by atoms with Crippen LogP contribution in [0.4, 0.5) is 5.69 Å². The summed E-state index contributed by atoms with van der Waals surface area (Å²) in [6.45, 7) is 1.78. The molecule has 0 radical (unpaired) electrons. The van der Waals surface area contributed by atoms with Gasteiger partial charge >= 0.3 is 0 Å². The minimum Gasteiger partial charge on any atom is -0.307 e. The molecule has 0 aromatic heterocycles. The second-order valence-electron chi connectivity index (χ2n) is 5.42. The van der Waals surface area contributed by atoms with Crippen LogP contribution in [0.3, 0.4) is 0 Å². The number of hydrazone groups is 1. The summed E-state index contributed by atoms with van der Waals surface area (Å²) in [5, 5.41) is 6.72. The predicted octanol–water partition coefficient (Wildman–Crippen LogP) is 3.45. The van der Waals surface area contributed by atoms with E-state index in [9.17, 15) is 0 Å². The Kier molecular flexibility index (Phi) is 3.22. The average Bonchev–Trinajstić information content (AvgIpc) is 2.55. The first-order chi connectivity index (χ1) is 10.7. The maximum Gasteiger partial charge on any atom is 0.163 e. The molecule has 0 N–H and O–H groups in total. The highest BCUT2D eigenvalue weighted by Gasteiger charge is 2.30. The standard InChI is InChI=1S/C17H15BrN4/c1-21-10-11-22-16(12-6-8-13(18)9-7-12)19-15-5-3-2-4-14(15)17(22)20-21/h2-9H,10-11H2,1H3. The van der Waals surface area contributed by atoms with Crippen LogP contribution in [0.1, 0.15) is 11.1 Å². The van der Waals surface area contributed by atoms with E-state index in [1.807, 2.05) is 42.4 Å². The topological polar surface area (TPSA) is 31.2 Å². The van der Waals surface area contributed by atoms with Crippen molar-refractivity contribution >= 4 is 33.3 Å². The summed E-state index contributed by atoms with van der Waals surface area (Å²) >= 11 is 3.49. The number of rotatable bonds is 1. The van der Waals surface area contributed by atoms with Crippen LogP contribution in [0.5, 0.6) is 0 Å². The molecule has 2 aliphatic rings. The van der Waals surface area contributed by atoms with Gasteiger partial charge in [-0.1, -0.05) is 40.2 Å². The van der Waals surface area contributed by atoms with Crippen LogP contribution >= 0.6 is 15.9 Å². The number of amidine groups is 2. The third kappa shape index (κ3) is 2.22. The molecule has 0 bridgehead atoms. The fraction of sp³-hybridized carbons (Fsp3) is 0.176. The molecular formula is C17H15BrN4. The average molecular weight is 355 g/mol. The lowest BCUT2D eigenvalue weighted by Gasteiger charge is -2.36. The number of likely N-dealkylation sites (N-methyl/N-ethyl adjacent to an activating group) is 1. The first-order valence-electron chi connectivity index (χ1n) is 7.24. The largest absolute Gasteiger partial charge is 0.307 e. The maximum absolute atomic E-state index is 4.88. The lowest BCUT2D eigenvalue weighted by Crippen LogP contribution is -2.48. The summed E-state index contributed by atoms with van der Waals surface area (Å²) in [6.07, 6.45) is 0. The molecule has 5 heteroatoms. The molecule has 2 aromatic rings. The van der Waals surface area contributed by atoms with Crippen molar-refractivity contribution in [3.63, 3.8) is 0 Å². The Morgan fingerprint density at radius 1 is 0.955 bits per heavy atom. The molecule has 110 valence electrons. The number of para-hydroxylation sites is 1. The highest BCUT2D eigenvalue weighted by atomic mass is 79.9. The lowest BCUT2D eigenvalue weighted by atomic mass is 10.1. The number of aliphatic imine (C=N–C) groups is 1. The Morgan fingerprint density at radius 2 is 1.73 bits per heavy atom. The van der Waals surface area contributed by atoms with E-state index in [1.165, 1.54) is 0 Å². The van der Waals surface area contributed by atoms with Crippen molar-refractivity contribution in [2.24, 2.45) is 10.1 Å². The highest BCUT2D eigenvalue weighted by molar-refractivity contribution is 9.10. The van der Waals surface area contributed by atoms with Crippen LogP contribution in [0, 0.1) is 0 Å². The van der Waals surface area contributed by atoms with Gasteiger partial charge in [0.2, 0.25) is 0 Å². The minimum absolute atomic E-state index is 0.887. The van der Waals surface area contributed by atoms with Crippen molar-refractivity contribution in [3.05, 3.63) is 64.1 Å². The summed E-state index contributed by atoms with van der Waals surface area (Å²) in [5.74, 6) is 1.95. The van der Waals surface area contributed by atoms with E-state index in [0.29, 0.717) is 0 Å². The molecule has 0 aliphatic carbocycles. The quantitative estimate of drug-likeness (QED) is 0.785. The van der Waals surface area contributed by atoms with E-state index in [-0.39, 0.29) is 0 Å². The van der Waals surface area contributed by atoms with E-state index in [4.69, 9.17) is 10.1 Å². The second kappa shape index (κ2) is 5.25. The molecule has 2 aliphatic heterocycles. The normalized spacial score (nSPS) is 16.6. The third-order valence-electron chi connectivity index (χ3n) is 3.90. The van der Waals surface area contributed by atoms with Crippen LogP contribution in [-0.2, 0) is 0 Å². The Hall–Kier alpha value is -2.14. The summed E-state index contributed by atoms with van der Waals surface area (Å²) < 4.78 is 1.07. The van der Waals surface area contributed by atoms with E-state index in [1.54, 1.807) is 0 Å². The van der Waals surface area contributed by atoms with Crippen molar-refractivity contribution in [2.75, 3.05) is 20.1 Å². The SMILES string of the molecule is CN1CCN2C(c3ccc(Br)cc3)=Nc3ccccc3C2=N1. The van der Waals surface area contributed by atoms with Crippen LogP contribution in [0.25, 0.3) is 0 Å². The number of hydrogen-bond acceptors (Lipinski definition) is 4. The Morgan fingerprint density at radius 3 is 2.55 bits per heavy atom. The number of fused-ring (bicyclic) bond motifs is 3. The van der Waals surface area contributed by atoms with E-state index in [2.05, 4.69) is 39.0 Å². The highest BCUT2D eigenvalue weighted by Crippen LogP contribution is 2.30. The molecule has 0 amide bonds. The summed E-state index contributed by atoms with van der Waals surface area (Å²) in [6, 6.07) is 16.5. The van der Waals surface area contributed by atoms with Crippen molar-refractivity contribution in [3.8, 4) is 0 Å². The van der Waals surface area contributed by atoms with Crippen molar-refractivity contribution in [1.29, 1.82) is 0 Å². The van der Waals surface area contributed by atoms with E-state index in [0.717, 1.165) is 46.0 Å². The van der Waals surface area contributed by atoms with E-state index < -0.39 is 0 Å². The number of benzene rings is 2. The van der Waals surface area contributed by atoms with Gasteiger partial charge in [-0.2, -0.15) is 5.10 Å². The molecule has 0 fully saturated rings. The molecule has 0 atom stereocenters. The number of hydrogen-bond donors (Lipinski definition) is 0. The van der Waals surface area contributed by atoms with Crippen LogP contribution in [-0.4, -0.2) is 41.7 Å². The van der Waals surface area contributed by atoms with E-state index >= 15 is 0 Å².